The second kappa shape index (κ2) is 5.21. The molecule has 0 N–H and O–H groups in total. The van der Waals surface area contributed by atoms with Crippen LogP contribution in [0.5, 0.6) is 5.75 Å². The van der Waals surface area contributed by atoms with Crippen molar-refractivity contribution in [1.29, 1.82) is 0 Å². The topological polar surface area (TPSA) is 35.5 Å². The lowest BCUT2D eigenvalue weighted by atomic mass is 10.1. The maximum absolute atomic E-state index is 12.0. The van der Waals surface area contributed by atoms with Gasteiger partial charge >= 0.3 is 5.97 Å². The average Bonchev–Trinajstić information content (AvgIpc) is 2.18. The molecular formula is C14H20O3. The monoisotopic (exact) mass is 236 g/mol. The number of aryl methyl sites for hydroxylation is 1. The van der Waals surface area contributed by atoms with Crippen LogP contribution in [0, 0.1) is 6.92 Å². The minimum atomic E-state index is -0.481. The van der Waals surface area contributed by atoms with Crippen LogP contribution in [0.15, 0.2) is 18.2 Å². The van der Waals surface area contributed by atoms with Gasteiger partial charge in [0.25, 0.3) is 0 Å². The molecule has 0 aliphatic rings. The van der Waals surface area contributed by atoms with Gasteiger partial charge in [0.05, 0.1) is 12.2 Å². The van der Waals surface area contributed by atoms with Crippen molar-refractivity contribution in [2.24, 2.45) is 0 Å². The fourth-order valence-corrected chi connectivity index (χ4v) is 1.41. The molecule has 94 valence electrons. The van der Waals surface area contributed by atoms with Gasteiger partial charge in [0.2, 0.25) is 0 Å². The maximum atomic E-state index is 12.0. The average molecular weight is 236 g/mol. The van der Waals surface area contributed by atoms with Crippen molar-refractivity contribution in [3.8, 4) is 5.75 Å². The van der Waals surface area contributed by atoms with Crippen LogP contribution in [-0.2, 0) is 4.74 Å². The molecule has 0 aromatic heterocycles. The standard InChI is InChI=1S/C14H20O3/c1-6-16-11-8-7-10(2)12(9-11)13(15)17-14(3,4)5/h7-9H,6H2,1-5H3. The van der Waals surface area contributed by atoms with Gasteiger partial charge in [-0.2, -0.15) is 0 Å². The number of ether oxygens (including phenoxy) is 2. The molecule has 0 saturated heterocycles. The van der Waals surface area contributed by atoms with E-state index in [1.165, 1.54) is 0 Å². The van der Waals surface area contributed by atoms with Gasteiger partial charge in [-0.25, -0.2) is 4.79 Å². The molecule has 0 bridgehead atoms. The van der Waals surface area contributed by atoms with E-state index in [4.69, 9.17) is 9.47 Å². The van der Waals surface area contributed by atoms with Crippen molar-refractivity contribution in [1.82, 2.24) is 0 Å². The Morgan fingerprint density at radius 1 is 1.29 bits per heavy atom. The molecular weight excluding hydrogens is 216 g/mol. The van der Waals surface area contributed by atoms with Gasteiger partial charge < -0.3 is 9.47 Å². The molecule has 1 rings (SSSR count). The summed E-state index contributed by atoms with van der Waals surface area (Å²) in [6.45, 7) is 9.94. The lowest BCUT2D eigenvalue weighted by Gasteiger charge is -2.20. The first-order valence-electron chi connectivity index (χ1n) is 5.80. The number of benzene rings is 1. The molecule has 0 aliphatic carbocycles. The fraction of sp³-hybridized carbons (Fsp3) is 0.500. The van der Waals surface area contributed by atoms with Gasteiger partial charge in [0, 0.05) is 0 Å². The molecule has 0 radical (unpaired) electrons. The van der Waals surface area contributed by atoms with E-state index in [1.54, 1.807) is 6.07 Å². The van der Waals surface area contributed by atoms with E-state index in [0.29, 0.717) is 17.9 Å². The highest BCUT2D eigenvalue weighted by Gasteiger charge is 2.19. The molecule has 0 spiro atoms. The molecule has 0 atom stereocenters. The van der Waals surface area contributed by atoms with E-state index < -0.39 is 5.60 Å². The third kappa shape index (κ3) is 4.10. The summed E-state index contributed by atoms with van der Waals surface area (Å²) in [4.78, 5) is 12.0. The minimum absolute atomic E-state index is 0.309. The molecule has 1 aromatic carbocycles. The number of carbonyl (C=O) groups is 1. The third-order valence-corrected chi connectivity index (χ3v) is 2.14. The van der Waals surface area contributed by atoms with Crippen LogP contribution in [0.2, 0.25) is 0 Å². The summed E-state index contributed by atoms with van der Waals surface area (Å²) in [6, 6.07) is 5.45. The van der Waals surface area contributed by atoms with E-state index in [0.717, 1.165) is 5.56 Å². The fourth-order valence-electron chi connectivity index (χ4n) is 1.41. The number of hydrogen-bond acceptors (Lipinski definition) is 3. The smallest absolute Gasteiger partial charge is 0.339 e. The van der Waals surface area contributed by atoms with Gasteiger partial charge in [0.15, 0.2) is 0 Å². The van der Waals surface area contributed by atoms with Gasteiger partial charge in [-0.1, -0.05) is 6.07 Å². The van der Waals surface area contributed by atoms with E-state index in [1.807, 2.05) is 46.8 Å². The minimum Gasteiger partial charge on any atom is -0.494 e. The molecule has 0 saturated carbocycles. The van der Waals surface area contributed by atoms with E-state index in [2.05, 4.69) is 0 Å². The number of hydrogen-bond donors (Lipinski definition) is 0. The van der Waals surface area contributed by atoms with E-state index in [9.17, 15) is 4.79 Å². The Bertz CT molecular complexity index is 402. The summed E-state index contributed by atoms with van der Waals surface area (Å²) in [6.07, 6.45) is 0. The SMILES string of the molecule is CCOc1ccc(C)c(C(=O)OC(C)(C)C)c1. The van der Waals surface area contributed by atoms with Crippen LogP contribution in [0.4, 0.5) is 0 Å². The van der Waals surface area contributed by atoms with E-state index in [-0.39, 0.29) is 5.97 Å². The van der Waals surface area contributed by atoms with Crippen molar-refractivity contribution in [2.75, 3.05) is 6.61 Å². The molecule has 1 aromatic rings. The molecule has 3 nitrogen and oxygen atoms in total. The zero-order valence-corrected chi connectivity index (χ0v) is 11.2. The number of carbonyl (C=O) groups excluding carboxylic acids is 1. The Hall–Kier alpha value is -1.51. The predicted molar refractivity (Wildman–Crippen MR) is 67.5 cm³/mol. The van der Waals surface area contributed by atoms with Crippen molar-refractivity contribution < 1.29 is 14.3 Å². The zero-order chi connectivity index (χ0) is 13.1. The maximum Gasteiger partial charge on any atom is 0.339 e. The van der Waals surface area contributed by atoms with Crippen LogP contribution in [0.25, 0.3) is 0 Å². The summed E-state index contributed by atoms with van der Waals surface area (Å²) in [5.41, 5.74) is 0.971. The Balaban J connectivity index is 2.95. The van der Waals surface area contributed by atoms with Gasteiger partial charge in [-0.3, -0.25) is 0 Å². The summed E-state index contributed by atoms with van der Waals surface area (Å²) >= 11 is 0. The Kier molecular flexibility index (Phi) is 4.16. The molecule has 0 fully saturated rings. The van der Waals surface area contributed by atoms with Crippen LogP contribution >= 0.6 is 0 Å². The van der Waals surface area contributed by atoms with Crippen molar-refractivity contribution in [2.45, 2.75) is 40.2 Å². The van der Waals surface area contributed by atoms with E-state index >= 15 is 0 Å². The molecule has 3 heteroatoms. The Morgan fingerprint density at radius 3 is 2.47 bits per heavy atom. The van der Waals surface area contributed by atoms with Crippen molar-refractivity contribution in [3.05, 3.63) is 29.3 Å². The first kappa shape index (κ1) is 13.6. The lowest BCUT2D eigenvalue weighted by Crippen LogP contribution is -2.24. The number of rotatable bonds is 3. The highest BCUT2D eigenvalue weighted by atomic mass is 16.6. The Morgan fingerprint density at radius 2 is 1.94 bits per heavy atom. The molecule has 0 heterocycles. The van der Waals surface area contributed by atoms with Gasteiger partial charge in [-0.05, 0) is 52.3 Å². The Labute approximate surface area is 103 Å². The molecule has 0 unspecified atom stereocenters. The molecule has 0 aliphatic heterocycles. The number of esters is 1. The van der Waals surface area contributed by atoms with Crippen LogP contribution in [0.1, 0.15) is 43.6 Å². The largest absolute Gasteiger partial charge is 0.494 e. The lowest BCUT2D eigenvalue weighted by molar-refractivity contribution is 0.00683. The highest BCUT2D eigenvalue weighted by Crippen LogP contribution is 2.20. The second-order valence-electron chi connectivity index (χ2n) is 4.91. The molecule has 0 amide bonds. The quantitative estimate of drug-likeness (QED) is 0.755. The summed E-state index contributed by atoms with van der Waals surface area (Å²) < 4.78 is 10.7. The van der Waals surface area contributed by atoms with Crippen LogP contribution in [0.3, 0.4) is 0 Å². The predicted octanol–water partition coefficient (Wildman–Crippen LogP) is 3.35. The zero-order valence-electron chi connectivity index (χ0n) is 11.2. The second-order valence-corrected chi connectivity index (χ2v) is 4.91. The van der Waals surface area contributed by atoms with Gasteiger partial charge in [-0.15, -0.1) is 0 Å². The van der Waals surface area contributed by atoms with Crippen molar-refractivity contribution in [3.63, 3.8) is 0 Å². The highest BCUT2D eigenvalue weighted by molar-refractivity contribution is 5.91. The summed E-state index contributed by atoms with van der Waals surface area (Å²) in [5, 5.41) is 0. The first-order valence-corrected chi connectivity index (χ1v) is 5.80. The first-order chi connectivity index (χ1) is 7.83. The summed E-state index contributed by atoms with van der Waals surface area (Å²) in [5.74, 6) is 0.385. The van der Waals surface area contributed by atoms with Crippen molar-refractivity contribution >= 4 is 5.97 Å². The normalized spacial score (nSPS) is 11.1. The van der Waals surface area contributed by atoms with Crippen LogP contribution < -0.4 is 4.74 Å². The van der Waals surface area contributed by atoms with Gasteiger partial charge in [0.1, 0.15) is 11.4 Å². The van der Waals surface area contributed by atoms with Crippen LogP contribution in [-0.4, -0.2) is 18.2 Å². The summed E-state index contributed by atoms with van der Waals surface area (Å²) in [7, 11) is 0. The third-order valence-electron chi connectivity index (χ3n) is 2.14. The molecule has 17 heavy (non-hydrogen) atoms.